The average molecular weight is 281 g/mol. The van der Waals surface area contributed by atoms with Crippen molar-refractivity contribution in [2.45, 2.75) is 18.5 Å². The van der Waals surface area contributed by atoms with Crippen LogP contribution in [0, 0.1) is 0 Å². The van der Waals surface area contributed by atoms with Crippen LogP contribution in [0.2, 0.25) is 0 Å². The summed E-state index contributed by atoms with van der Waals surface area (Å²) in [5, 5.41) is 0. The number of hydrogen-bond donors (Lipinski definition) is 1. The summed E-state index contributed by atoms with van der Waals surface area (Å²) in [6.45, 7) is 2.88. The van der Waals surface area contributed by atoms with Crippen molar-refractivity contribution in [1.29, 1.82) is 0 Å². The molecule has 19 heavy (non-hydrogen) atoms. The first-order valence-corrected chi connectivity index (χ1v) is 8.75. The zero-order chi connectivity index (χ0) is 13.3. The van der Waals surface area contributed by atoms with E-state index in [-0.39, 0.29) is 5.66 Å². The number of nitrogens with zero attached hydrogens (tertiary/aromatic N) is 1. The van der Waals surface area contributed by atoms with Crippen molar-refractivity contribution < 1.29 is 14.2 Å². The zero-order valence-electron chi connectivity index (χ0n) is 11.0. The Labute approximate surface area is 113 Å². The van der Waals surface area contributed by atoms with Crippen molar-refractivity contribution >= 4 is 7.37 Å². The van der Waals surface area contributed by atoms with E-state index in [1.165, 1.54) is 11.1 Å². The van der Waals surface area contributed by atoms with E-state index in [0.717, 1.165) is 25.9 Å². The number of benzene rings is 1. The van der Waals surface area contributed by atoms with E-state index in [4.69, 9.17) is 4.74 Å². The molecule has 0 radical (unpaired) electrons. The Morgan fingerprint density at radius 1 is 1.21 bits per heavy atom. The predicted octanol–water partition coefficient (Wildman–Crippen LogP) is 1.71. The number of rotatable bonds is 3. The van der Waals surface area contributed by atoms with Gasteiger partial charge in [-0.1, -0.05) is 24.3 Å². The van der Waals surface area contributed by atoms with Crippen LogP contribution in [0.5, 0.6) is 0 Å². The smallest absolute Gasteiger partial charge is 0.217 e. The van der Waals surface area contributed by atoms with Gasteiger partial charge in [0.2, 0.25) is 7.37 Å². The maximum Gasteiger partial charge on any atom is 0.217 e. The van der Waals surface area contributed by atoms with Crippen LogP contribution in [0.1, 0.15) is 11.1 Å². The first-order chi connectivity index (χ1) is 9.15. The first-order valence-electron chi connectivity index (χ1n) is 6.83. The molecule has 1 heterocycles. The van der Waals surface area contributed by atoms with Crippen molar-refractivity contribution in [2.75, 3.05) is 32.6 Å². The van der Waals surface area contributed by atoms with Gasteiger partial charge in [-0.3, -0.25) is 9.46 Å². The van der Waals surface area contributed by atoms with Crippen molar-refractivity contribution in [3.63, 3.8) is 0 Å². The van der Waals surface area contributed by atoms with Gasteiger partial charge in [0.1, 0.15) is 0 Å². The second-order valence-corrected chi connectivity index (χ2v) is 7.98. The second kappa shape index (κ2) is 5.37. The molecule has 1 fully saturated rings. The molecule has 1 saturated heterocycles. The van der Waals surface area contributed by atoms with Gasteiger partial charge in [-0.2, -0.15) is 0 Å². The summed E-state index contributed by atoms with van der Waals surface area (Å²) in [6, 6.07) is 8.16. The Kier molecular flexibility index (Phi) is 3.77. The third-order valence-corrected chi connectivity index (χ3v) is 6.42. The van der Waals surface area contributed by atoms with Gasteiger partial charge in [-0.05, 0) is 24.0 Å². The standard InChI is InChI=1S/C14H20NO3P/c16-19(17,11-15-5-7-18-8-6-15)14-9-12-3-1-2-4-13(12)10-14/h1-4,14H,5-11H2,(H,16,17). The first kappa shape index (κ1) is 13.3. The fourth-order valence-corrected chi connectivity index (χ4v) is 5.02. The topological polar surface area (TPSA) is 49.8 Å². The SMILES string of the molecule is O=P(O)(CN1CCOCC1)C1Cc2ccccc2C1. The van der Waals surface area contributed by atoms with Gasteiger partial charge in [-0.25, -0.2) is 0 Å². The van der Waals surface area contributed by atoms with Gasteiger partial charge in [0.15, 0.2) is 0 Å². The molecule has 1 N–H and O–H groups in total. The summed E-state index contributed by atoms with van der Waals surface area (Å²) in [5.41, 5.74) is 2.38. The van der Waals surface area contributed by atoms with Crippen LogP contribution < -0.4 is 0 Å². The third-order valence-electron chi connectivity index (χ3n) is 4.11. The summed E-state index contributed by atoms with van der Waals surface area (Å²) in [7, 11) is -3.12. The van der Waals surface area contributed by atoms with E-state index in [1.54, 1.807) is 0 Å². The maximum absolute atomic E-state index is 12.6. The second-order valence-electron chi connectivity index (χ2n) is 5.46. The minimum Gasteiger partial charge on any atom is -0.379 e. The molecule has 0 aromatic heterocycles. The lowest BCUT2D eigenvalue weighted by molar-refractivity contribution is 0.0452. The van der Waals surface area contributed by atoms with E-state index in [9.17, 15) is 9.46 Å². The molecule has 1 aliphatic heterocycles. The highest BCUT2D eigenvalue weighted by Gasteiger charge is 2.37. The summed E-state index contributed by atoms with van der Waals surface area (Å²) < 4.78 is 17.9. The van der Waals surface area contributed by atoms with Gasteiger partial charge >= 0.3 is 0 Å². The van der Waals surface area contributed by atoms with Crippen molar-refractivity contribution in [3.8, 4) is 0 Å². The van der Waals surface area contributed by atoms with Gasteiger partial charge < -0.3 is 9.63 Å². The highest BCUT2D eigenvalue weighted by Crippen LogP contribution is 2.52. The zero-order valence-corrected chi connectivity index (χ0v) is 11.9. The monoisotopic (exact) mass is 281 g/mol. The average Bonchev–Trinajstić information content (AvgIpc) is 2.84. The molecule has 5 heteroatoms. The fourth-order valence-electron chi connectivity index (χ4n) is 2.97. The highest BCUT2D eigenvalue weighted by molar-refractivity contribution is 7.58. The molecule has 0 saturated carbocycles. The normalized spacial score (nSPS) is 24.1. The van der Waals surface area contributed by atoms with Crippen molar-refractivity contribution in [2.24, 2.45) is 0 Å². The van der Waals surface area contributed by atoms with Gasteiger partial charge in [0, 0.05) is 18.7 Å². The molecule has 1 aromatic rings. The lowest BCUT2D eigenvalue weighted by Gasteiger charge is -2.30. The summed E-state index contributed by atoms with van der Waals surface area (Å²) in [4.78, 5) is 12.5. The van der Waals surface area contributed by atoms with Crippen LogP contribution in [0.4, 0.5) is 0 Å². The molecule has 0 amide bonds. The van der Waals surface area contributed by atoms with Crippen LogP contribution in [0.15, 0.2) is 24.3 Å². The van der Waals surface area contributed by atoms with E-state index in [1.807, 2.05) is 12.1 Å². The van der Waals surface area contributed by atoms with Crippen LogP contribution in [0.25, 0.3) is 0 Å². The lowest BCUT2D eigenvalue weighted by atomic mass is 10.1. The minimum atomic E-state index is -3.12. The molecule has 3 rings (SSSR count). The Morgan fingerprint density at radius 2 is 1.79 bits per heavy atom. The Hall–Kier alpha value is -0.670. The van der Waals surface area contributed by atoms with Crippen LogP contribution in [-0.4, -0.2) is 48.0 Å². The molecule has 1 unspecified atom stereocenters. The minimum absolute atomic E-state index is 0.104. The fraction of sp³-hybridized carbons (Fsp3) is 0.571. The lowest BCUT2D eigenvalue weighted by Crippen LogP contribution is -2.37. The molecule has 1 aromatic carbocycles. The van der Waals surface area contributed by atoms with Crippen LogP contribution >= 0.6 is 7.37 Å². The molecule has 1 aliphatic carbocycles. The van der Waals surface area contributed by atoms with Crippen LogP contribution in [0.3, 0.4) is 0 Å². The van der Waals surface area contributed by atoms with Crippen LogP contribution in [-0.2, 0) is 22.1 Å². The van der Waals surface area contributed by atoms with Gasteiger partial charge in [0.25, 0.3) is 0 Å². The summed E-state index contributed by atoms with van der Waals surface area (Å²) in [6.07, 6.45) is 1.80. The van der Waals surface area contributed by atoms with Crippen molar-refractivity contribution in [1.82, 2.24) is 4.90 Å². The summed E-state index contributed by atoms with van der Waals surface area (Å²) in [5.74, 6) is 0. The molecular weight excluding hydrogens is 261 g/mol. The Morgan fingerprint density at radius 3 is 2.37 bits per heavy atom. The van der Waals surface area contributed by atoms with Gasteiger partial charge in [-0.15, -0.1) is 0 Å². The molecule has 0 bridgehead atoms. The molecule has 104 valence electrons. The van der Waals surface area contributed by atoms with E-state index in [0.29, 0.717) is 19.5 Å². The number of morpholine rings is 1. The number of fused-ring (bicyclic) bond motifs is 1. The molecule has 4 nitrogen and oxygen atoms in total. The van der Waals surface area contributed by atoms with E-state index >= 15 is 0 Å². The predicted molar refractivity (Wildman–Crippen MR) is 74.7 cm³/mol. The molecule has 0 spiro atoms. The Balaban J connectivity index is 1.67. The Bertz CT molecular complexity index is 474. The molecular formula is C14H20NO3P. The van der Waals surface area contributed by atoms with E-state index in [2.05, 4.69) is 17.0 Å². The van der Waals surface area contributed by atoms with Gasteiger partial charge in [0.05, 0.1) is 19.5 Å². The number of hydrogen-bond acceptors (Lipinski definition) is 3. The quantitative estimate of drug-likeness (QED) is 0.857. The maximum atomic E-state index is 12.6. The molecule has 1 atom stereocenters. The largest absolute Gasteiger partial charge is 0.379 e. The summed E-state index contributed by atoms with van der Waals surface area (Å²) >= 11 is 0. The highest BCUT2D eigenvalue weighted by atomic mass is 31.2. The third kappa shape index (κ3) is 2.92. The van der Waals surface area contributed by atoms with Crippen molar-refractivity contribution in [3.05, 3.63) is 35.4 Å². The number of ether oxygens (including phenoxy) is 1. The van der Waals surface area contributed by atoms with E-state index < -0.39 is 7.37 Å². The molecule has 2 aliphatic rings.